The van der Waals surface area contributed by atoms with Gasteiger partial charge >= 0.3 is 0 Å². The van der Waals surface area contributed by atoms with Gasteiger partial charge in [0.2, 0.25) is 0 Å². The number of anilines is 3. The highest BCUT2D eigenvalue weighted by atomic mass is 35.5. The number of rotatable bonds is 2. The summed E-state index contributed by atoms with van der Waals surface area (Å²) in [6, 6.07) is 6.54. The Labute approximate surface area is 112 Å². The molecular weight excluding hydrogens is 281 g/mol. The maximum absolute atomic E-state index is 13.5. The minimum atomic E-state index is -0.652. The fourth-order valence-electron chi connectivity index (χ4n) is 1.42. The van der Waals surface area contributed by atoms with Crippen LogP contribution in [0.1, 0.15) is 0 Å². The fourth-order valence-corrected chi connectivity index (χ4v) is 1.80. The van der Waals surface area contributed by atoms with Gasteiger partial charge < -0.3 is 11.1 Å². The molecule has 2 aromatic carbocycles. The summed E-state index contributed by atoms with van der Waals surface area (Å²) in [5.41, 5.74) is 6.09. The van der Waals surface area contributed by atoms with Gasteiger partial charge in [-0.2, -0.15) is 0 Å². The van der Waals surface area contributed by atoms with Crippen LogP contribution in [0.25, 0.3) is 0 Å². The molecule has 0 fully saturated rings. The van der Waals surface area contributed by atoms with E-state index >= 15 is 0 Å². The third-order valence-corrected chi connectivity index (χ3v) is 2.92. The summed E-state index contributed by atoms with van der Waals surface area (Å²) in [6.45, 7) is 0. The van der Waals surface area contributed by atoms with Gasteiger partial charge in [0.25, 0.3) is 0 Å². The smallest absolute Gasteiger partial charge is 0.148 e. The predicted molar refractivity (Wildman–Crippen MR) is 70.5 cm³/mol. The highest BCUT2D eigenvalue weighted by Crippen LogP contribution is 2.32. The average molecular weight is 289 g/mol. The highest BCUT2D eigenvalue weighted by Gasteiger charge is 2.11. The Balaban J connectivity index is 2.43. The zero-order chi connectivity index (χ0) is 13.3. The van der Waals surface area contributed by atoms with Crippen LogP contribution in [0.3, 0.4) is 0 Å². The van der Waals surface area contributed by atoms with Crippen molar-refractivity contribution in [3.8, 4) is 0 Å². The Morgan fingerprint density at radius 1 is 1.00 bits per heavy atom. The molecule has 0 spiro atoms. The first-order valence-corrected chi connectivity index (χ1v) is 5.70. The van der Waals surface area contributed by atoms with Crippen LogP contribution in [0.5, 0.6) is 0 Å². The van der Waals surface area contributed by atoms with Gasteiger partial charge in [-0.15, -0.1) is 0 Å². The van der Waals surface area contributed by atoms with E-state index in [1.807, 2.05) is 0 Å². The summed E-state index contributed by atoms with van der Waals surface area (Å²) >= 11 is 11.4. The van der Waals surface area contributed by atoms with Crippen molar-refractivity contribution in [3.63, 3.8) is 0 Å². The monoisotopic (exact) mass is 288 g/mol. The number of benzene rings is 2. The lowest BCUT2D eigenvalue weighted by atomic mass is 10.2. The van der Waals surface area contributed by atoms with Crippen molar-refractivity contribution in [2.24, 2.45) is 0 Å². The standard InChI is InChI=1S/C12H8Cl2F2N2/c13-6-2-1-3-8(15)12(6)18-11-5-9(16)7(14)4-10(11)17/h1-5,18H,17H2. The van der Waals surface area contributed by atoms with Crippen molar-refractivity contribution in [1.29, 1.82) is 0 Å². The van der Waals surface area contributed by atoms with E-state index in [9.17, 15) is 8.78 Å². The Morgan fingerprint density at radius 2 is 1.72 bits per heavy atom. The summed E-state index contributed by atoms with van der Waals surface area (Å²) in [5, 5.41) is 2.72. The van der Waals surface area contributed by atoms with Gasteiger partial charge in [-0.1, -0.05) is 29.3 Å². The molecule has 0 aliphatic rings. The molecule has 0 atom stereocenters. The molecule has 0 radical (unpaired) electrons. The SMILES string of the molecule is Nc1cc(Cl)c(F)cc1Nc1c(F)cccc1Cl. The number of nitrogens with one attached hydrogen (secondary N) is 1. The molecule has 0 aliphatic carbocycles. The minimum Gasteiger partial charge on any atom is -0.397 e. The second kappa shape index (κ2) is 5.00. The molecule has 0 saturated carbocycles. The van der Waals surface area contributed by atoms with Crippen molar-refractivity contribution in [3.05, 3.63) is 52.0 Å². The van der Waals surface area contributed by atoms with E-state index in [2.05, 4.69) is 5.32 Å². The van der Waals surface area contributed by atoms with E-state index in [4.69, 9.17) is 28.9 Å². The molecule has 0 bridgehead atoms. The van der Waals surface area contributed by atoms with Crippen LogP contribution in [0.4, 0.5) is 25.8 Å². The van der Waals surface area contributed by atoms with Crippen LogP contribution < -0.4 is 11.1 Å². The molecule has 2 rings (SSSR count). The normalized spacial score (nSPS) is 10.4. The topological polar surface area (TPSA) is 38.0 Å². The van der Waals surface area contributed by atoms with Gasteiger partial charge in [0.05, 0.1) is 27.1 Å². The van der Waals surface area contributed by atoms with E-state index in [0.717, 1.165) is 6.07 Å². The van der Waals surface area contributed by atoms with Gasteiger partial charge in [-0.3, -0.25) is 0 Å². The minimum absolute atomic E-state index is 0.0348. The van der Waals surface area contributed by atoms with Crippen molar-refractivity contribution in [2.45, 2.75) is 0 Å². The molecule has 0 aliphatic heterocycles. The largest absolute Gasteiger partial charge is 0.397 e. The molecule has 0 heterocycles. The van der Waals surface area contributed by atoms with E-state index in [-0.39, 0.29) is 27.1 Å². The van der Waals surface area contributed by atoms with Gasteiger partial charge in [0.1, 0.15) is 11.6 Å². The van der Waals surface area contributed by atoms with Crippen LogP contribution in [0, 0.1) is 11.6 Å². The van der Waals surface area contributed by atoms with Crippen LogP contribution in [-0.2, 0) is 0 Å². The van der Waals surface area contributed by atoms with Crippen molar-refractivity contribution < 1.29 is 8.78 Å². The molecule has 94 valence electrons. The first kappa shape index (κ1) is 12.9. The second-order valence-electron chi connectivity index (χ2n) is 3.58. The zero-order valence-electron chi connectivity index (χ0n) is 8.98. The third kappa shape index (κ3) is 2.49. The van der Waals surface area contributed by atoms with E-state index in [0.29, 0.717) is 0 Å². The number of hydrogen-bond donors (Lipinski definition) is 2. The maximum Gasteiger partial charge on any atom is 0.148 e. The summed E-state index contributed by atoms with van der Waals surface area (Å²) in [4.78, 5) is 0. The summed E-state index contributed by atoms with van der Waals surface area (Å²) in [6.07, 6.45) is 0. The van der Waals surface area contributed by atoms with Gasteiger partial charge in [0.15, 0.2) is 0 Å². The lowest BCUT2D eigenvalue weighted by Gasteiger charge is -2.12. The highest BCUT2D eigenvalue weighted by molar-refractivity contribution is 6.33. The molecule has 2 nitrogen and oxygen atoms in total. The number of halogens is 4. The van der Waals surface area contributed by atoms with E-state index < -0.39 is 11.6 Å². The number of nitrogen functional groups attached to an aromatic ring is 1. The zero-order valence-corrected chi connectivity index (χ0v) is 10.5. The predicted octanol–water partition coefficient (Wildman–Crippen LogP) is 4.60. The first-order chi connectivity index (χ1) is 8.49. The third-order valence-electron chi connectivity index (χ3n) is 2.31. The molecule has 3 N–H and O–H groups in total. The summed E-state index contributed by atoms with van der Waals surface area (Å²) in [7, 11) is 0. The molecule has 0 unspecified atom stereocenters. The molecule has 0 saturated heterocycles. The maximum atomic E-state index is 13.5. The second-order valence-corrected chi connectivity index (χ2v) is 4.39. The fraction of sp³-hybridized carbons (Fsp3) is 0. The van der Waals surface area contributed by atoms with Gasteiger partial charge in [-0.25, -0.2) is 8.78 Å². The van der Waals surface area contributed by atoms with Crippen molar-refractivity contribution >= 4 is 40.3 Å². The Bertz CT molecular complexity index is 583. The van der Waals surface area contributed by atoms with Crippen molar-refractivity contribution in [1.82, 2.24) is 0 Å². The molecule has 0 amide bonds. The molecule has 18 heavy (non-hydrogen) atoms. The summed E-state index contributed by atoms with van der Waals surface area (Å²) < 4.78 is 26.8. The average Bonchev–Trinajstić information content (AvgIpc) is 2.30. The van der Waals surface area contributed by atoms with Crippen LogP contribution in [0.2, 0.25) is 10.0 Å². The van der Waals surface area contributed by atoms with E-state index in [1.165, 1.54) is 24.3 Å². The molecule has 0 aromatic heterocycles. The Kier molecular flexibility index (Phi) is 3.59. The number of para-hydroxylation sites is 1. The first-order valence-electron chi connectivity index (χ1n) is 4.94. The quantitative estimate of drug-likeness (QED) is 0.793. The van der Waals surface area contributed by atoms with Gasteiger partial charge in [-0.05, 0) is 18.2 Å². The van der Waals surface area contributed by atoms with Crippen LogP contribution >= 0.6 is 23.2 Å². The lowest BCUT2D eigenvalue weighted by Crippen LogP contribution is -2.00. The molecule has 6 heteroatoms. The van der Waals surface area contributed by atoms with Crippen molar-refractivity contribution in [2.75, 3.05) is 11.1 Å². The Morgan fingerprint density at radius 3 is 2.39 bits per heavy atom. The van der Waals surface area contributed by atoms with Crippen LogP contribution in [-0.4, -0.2) is 0 Å². The Hall–Kier alpha value is -1.52. The lowest BCUT2D eigenvalue weighted by molar-refractivity contribution is 0.627. The van der Waals surface area contributed by atoms with Gasteiger partial charge in [0, 0.05) is 6.07 Å². The number of nitrogens with two attached hydrogens (primary N) is 1. The number of hydrogen-bond acceptors (Lipinski definition) is 2. The summed E-state index contributed by atoms with van der Waals surface area (Å²) in [5.74, 6) is -1.21. The molecule has 2 aromatic rings. The molecular formula is C12H8Cl2F2N2. The van der Waals surface area contributed by atoms with Crippen LogP contribution in [0.15, 0.2) is 30.3 Å². The van der Waals surface area contributed by atoms with E-state index in [1.54, 1.807) is 0 Å².